The minimum Gasteiger partial charge on any atom is -0.465 e. The highest BCUT2D eigenvalue weighted by Crippen LogP contribution is 2.22. The van der Waals surface area contributed by atoms with E-state index in [0.717, 1.165) is 38.5 Å². The molecule has 8 nitrogen and oxygen atoms in total. The number of fused-ring (bicyclic) bond motifs is 1. The van der Waals surface area contributed by atoms with Gasteiger partial charge in [0, 0.05) is 12.6 Å². The number of unbranched alkanes of at least 4 members (excludes halogenated alkanes) is 2. The van der Waals surface area contributed by atoms with Gasteiger partial charge >= 0.3 is 5.97 Å². The number of aromatic nitrogens is 2. The zero-order chi connectivity index (χ0) is 23.8. The second kappa shape index (κ2) is 12.2. The second-order valence-corrected chi connectivity index (χ2v) is 9.36. The van der Waals surface area contributed by atoms with Gasteiger partial charge in [0.1, 0.15) is 0 Å². The number of nitrogens with one attached hydrogen (secondary N) is 1. The molecule has 0 spiro atoms. The van der Waals surface area contributed by atoms with E-state index in [1.807, 2.05) is 6.92 Å². The van der Waals surface area contributed by atoms with Crippen molar-refractivity contribution in [1.82, 2.24) is 14.9 Å². The zero-order valence-corrected chi connectivity index (χ0v) is 20.4. The van der Waals surface area contributed by atoms with E-state index >= 15 is 0 Å². The number of ether oxygens (including phenoxy) is 2. The first kappa shape index (κ1) is 25.2. The number of amides is 1. The van der Waals surface area contributed by atoms with E-state index in [-0.39, 0.29) is 29.4 Å². The smallest absolute Gasteiger partial charge is 0.337 e. The molecule has 0 saturated carbocycles. The molecular formula is C24H33N3O5S. The molecule has 2 unspecified atom stereocenters. The van der Waals surface area contributed by atoms with Crippen molar-refractivity contribution in [2.75, 3.05) is 19.5 Å². The molecule has 0 bridgehead atoms. The molecule has 2 aromatic rings. The topological polar surface area (TPSA) is 99.5 Å². The van der Waals surface area contributed by atoms with Crippen molar-refractivity contribution in [2.45, 2.75) is 76.2 Å². The van der Waals surface area contributed by atoms with E-state index < -0.39 is 5.97 Å². The lowest BCUT2D eigenvalue weighted by atomic mass is 10.1. The van der Waals surface area contributed by atoms with E-state index in [2.05, 4.69) is 17.2 Å². The van der Waals surface area contributed by atoms with Crippen molar-refractivity contribution in [3.8, 4) is 0 Å². The number of thioether (sulfide) groups is 1. The summed E-state index contributed by atoms with van der Waals surface area (Å²) in [6.45, 7) is 5.23. The number of hydrogen-bond acceptors (Lipinski definition) is 7. The highest BCUT2D eigenvalue weighted by Gasteiger charge is 2.21. The van der Waals surface area contributed by atoms with Gasteiger partial charge in [-0.25, -0.2) is 9.78 Å². The molecule has 180 valence electrons. The normalized spacial score (nSPS) is 16.6. The third-order valence-electron chi connectivity index (χ3n) is 5.73. The van der Waals surface area contributed by atoms with Crippen molar-refractivity contribution in [1.29, 1.82) is 0 Å². The number of carbonyl (C=O) groups excluding carboxylic acids is 2. The van der Waals surface area contributed by atoms with Crippen LogP contribution < -0.4 is 10.9 Å². The third kappa shape index (κ3) is 6.80. The van der Waals surface area contributed by atoms with Crippen LogP contribution in [0.3, 0.4) is 0 Å². The number of benzene rings is 1. The van der Waals surface area contributed by atoms with Crippen LogP contribution in [0.1, 0.15) is 62.7 Å². The average molecular weight is 476 g/mol. The van der Waals surface area contributed by atoms with Gasteiger partial charge in [-0.15, -0.1) is 0 Å². The molecule has 3 rings (SSSR count). The lowest BCUT2D eigenvalue weighted by Gasteiger charge is -2.17. The highest BCUT2D eigenvalue weighted by atomic mass is 32.2. The lowest BCUT2D eigenvalue weighted by Crippen LogP contribution is -2.34. The van der Waals surface area contributed by atoms with Crippen LogP contribution in [0.4, 0.5) is 0 Å². The van der Waals surface area contributed by atoms with Crippen molar-refractivity contribution in [3.63, 3.8) is 0 Å². The summed E-state index contributed by atoms with van der Waals surface area (Å²) in [5.74, 6) is -0.434. The number of methoxy groups -OCH3 is 1. The predicted molar refractivity (Wildman–Crippen MR) is 129 cm³/mol. The molecule has 1 aliphatic rings. The average Bonchev–Trinajstić information content (AvgIpc) is 3.32. The van der Waals surface area contributed by atoms with Crippen LogP contribution in [-0.2, 0) is 20.8 Å². The molecule has 0 aliphatic carbocycles. The Balaban J connectivity index is 1.82. The number of nitrogens with zero attached hydrogens (tertiary/aromatic N) is 2. The maximum absolute atomic E-state index is 13.3. The minimum atomic E-state index is -0.493. The first-order valence-corrected chi connectivity index (χ1v) is 12.6. The van der Waals surface area contributed by atoms with Crippen LogP contribution >= 0.6 is 11.8 Å². The summed E-state index contributed by atoms with van der Waals surface area (Å²) in [6, 6.07) is 4.82. The molecule has 1 N–H and O–H groups in total. The molecule has 2 heterocycles. The van der Waals surface area contributed by atoms with Gasteiger partial charge < -0.3 is 14.8 Å². The monoisotopic (exact) mass is 475 g/mol. The molecule has 1 amide bonds. The Labute approximate surface area is 198 Å². The van der Waals surface area contributed by atoms with E-state index in [4.69, 9.17) is 9.47 Å². The van der Waals surface area contributed by atoms with E-state index in [1.54, 1.807) is 22.8 Å². The summed E-state index contributed by atoms with van der Waals surface area (Å²) >= 11 is 1.23. The SMILES string of the molecule is CCCCCC(C)NC(=O)CSc1nc2cc(C(=O)OC)ccc2c(=O)n1CC1CCCO1. The van der Waals surface area contributed by atoms with Crippen LogP contribution in [0.15, 0.2) is 28.2 Å². The molecule has 1 aromatic heterocycles. The molecule has 1 fully saturated rings. The summed E-state index contributed by atoms with van der Waals surface area (Å²) in [7, 11) is 1.31. The minimum absolute atomic E-state index is 0.0527. The lowest BCUT2D eigenvalue weighted by molar-refractivity contribution is -0.119. The molecule has 1 aliphatic heterocycles. The molecule has 9 heteroatoms. The second-order valence-electron chi connectivity index (χ2n) is 8.42. The van der Waals surface area contributed by atoms with Gasteiger partial charge in [-0.3, -0.25) is 14.2 Å². The Morgan fingerprint density at radius 2 is 2.18 bits per heavy atom. The molecular weight excluding hydrogens is 442 g/mol. The van der Waals surface area contributed by atoms with Gasteiger partial charge in [0.25, 0.3) is 5.56 Å². The molecule has 0 radical (unpaired) electrons. The first-order valence-electron chi connectivity index (χ1n) is 11.6. The van der Waals surface area contributed by atoms with Crippen LogP contribution in [0, 0.1) is 0 Å². The van der Waals surface area contributed by atoms with Crippen molar-refractivity contribution in [3.05, 3.63) is 34.1 Å². The summed E-state index contributed by atoms with van der Waals surface area (Å²) in [5, 5.41) is 3.88. The zero-order valence-electron chi connectivity index (χ0n) is 19.6. The largest absolute Gasteiger partial charge is 0.465 e. The van der Waals surface area contributed by atoms with Gasteiger partial charge in [0.2, 0.25) is 5.91 Å². The fourth-order valence-corrected chi connectivity index (χ4v) is 4.75. The summed E-state index contributed by atoms with van der Waals surface area (Å²) < 4.78 is 12.1. The summed E-state index contributed by atoms with van der Waals surface area (Å²) in [4.78, 5) is 42.4. The van der Waals surface area contributed by atoms with Crippen molar-refractivity contribution < 1.29 is 19.1 Å². The van der Waals surface area contributed by atoms with E-state index in [9.17, 15) is 14.4 Å². The van der Waals surface area contributed by atoms with Crippen LogP contribution in [-0.4, -0.2) is 53.0 Å². The van der Waals surface area contributed by atoms with E-state index in [0.29, 0.717) is 34.8 Å². The van der Waals surface area contributed by atoms with Gasteiger partial charge in [0.05, 0.1) is 42.0 Å². The highest BCUT2D eigenvalue weighted by molar-refractivity contribution is 7.99. The maximum atomic E-state index is 13.3. The molecule has 1 saturated heterocycles. The Kier molecular flexibility index (Phi) is 9.31. The Hall–Kier alpha value is -2.39. The third-order valence-corrected chi connectivity index (χ3v) is 6.71. The standard InChI is InChI=1S/C24H33N3O5S/c1-4-5-6-8-16(2)25-21(28)15-33-24-26-20-13-17(23(30)31-3)10-11-19(20)22(29)27(24)14-18-9-7-12-32-18/h10-11,13,16,18H,4-9,12,14-15H2,1-3H3,(H,25,28). The van der Waals surface area contributed by atoms with Crippen LogP contribution in [0.5, 0.6) is 0 Å². The molecule has 1 aromatic carbocycles. The van der Waals surface area contributed by atoms with Crippen molar-refractivity contribution in [2.24, 2.45) is 0 Å². The fourth-order valence-electron chi connectivity index (χ4n) is 3.93. The van der Waals surface area contributed by atoms with Gasteiger partial charge in [-0.05, 0) is 44.4 Å². The first-order chi connectivity index (χ1) is 15.9. The number of carbonyl (C=O) groups is 2. The van der Waals surface area contributed by atoms with Crippen molar-refractivity contribution >= 4 is 34.5 Å². The van der Waals surface area contributed by atoms with Gasteiger partial charge in [-0.1, -0.05) is 37.9 Å². The van der Waals surface area contributed by atoms with Crippen LogP contribution in [0.25, 0.3) is 10.9 Å². The summed E-state index contributed by atoms with van der Waals surface area (Å²) in [5.41, 5.74) is 0.522. The number of rotatable bonds is 11. The molecule has 33 heavy (non-hydrogen) atoms. The summed E-state index contributed by atoms with van der Waals surface area (Å²) in [6.07, 6.45) is 6.11. The maximum Gasteiger partial charge on any atom is 0.337 e. The van der Waals surface area contributed by atoms with Gasteiger partial charge in [-0.2, -0.15) is 0 Å². The Morgan fingerprint density at radius 1 is 1.36 bits per heavy atom. The van der Waals surface area contributed by atoms with Crippen LogP contribution in [0.2, 0.25) is 0 Å². The fraction of sp³-hybridized carbons (Fsp3) is 0.583. The van der Waals surface area contributed by atoms with E-state index in [1.165, 1.54) is 18.9 Å². The predicted octanol–water partition coefficient (Wildman–Crippen LogP) is 3.54. The Morgan fingerprint density at radius 3 is 2.88 bits per heavy atom. The molecule has 2 atom stereocenters. The number of esters is 1. The van der Waals surface area contributed by atoms with Gasteiger partial charge in [0.15, 0.2) is 5.16 Å². The quantitative estimate of drug-likeness (QED) is 0.230. The number of hydrogen-bond donors (Lipinski definition) is 1. The Bertz CT molecular complexity index is 1030.